The van der Waals surface area contributed by atoms with Crippen LogP contribution >= 0.6 is 0 Å². The maximum atomic E-state index is 10.6. The van der Waals surface area contributed by atoms with E-state index in [9.17, 15) is 10.1 Å². The van der Waals surface area contributed by atoms with Crippen LogP contribution in [0, 0.1) is 17.0 Å². The lowest BCUT2D eigenvalue weighted by Crippen LogP contribution is -2.53. The molecule has 1 rings (SSSR count). The third-order valence-electron chi connectivity index (χ3n) is 2.38. The Hall–Kier alpha value is -1.73. The number of hydrogen-bond acceptors (Lipinski definition) is 5. The summed E-state index contributed by atoms with van der Waals surface area (Å²) < 4.78 is 0. The molecule has 7 heteroatoms. The minimum Gasteiger partial charge on any atom is -0.283 e. The van der Waals surface area contributed by atoms with Gasteiger partial charge in [-0.3, -0.25) is 15.6 Å². The molecule has 0 bridgehead atoms. The third-order valence-corrected chi connectivity index (χ3v) is 2.38. The van der Waals surface area contributed by atoms with Gasteiger partial charge in [0, 0.05) is 18.4 Å². The fraction of sp³-hybridized carbons (Fsp3) is 0.500. The van der Waals surface area contributed by atoms with Gasteiger partial charge in [0.1, 0.15) is 0 Å². The molecule has 1 unspecified atom stereocenters. The summed E-state index contributed by atoms with van der Waals surface area (Å²) in [6, 6.07) is 3.84. The summed E-state index contributed by atoms with van der Waals surface area (Å²) >= 11 is 0. The first-order valence-corrected chi connectivity index (χ1v) is 5.24. The minimum absolute atomic E-state index is 0.471. The Bertz CT molecular complexity index is 367. The number of nitrogens with zero attached hydrogens (tertiary/aromatic N) is 3. The van der Waals surface area contributed by atoms with Crippen molar-refractivity contribution in [3.63, 3.8) is 0 Å². The van der Waals surface area contributed by atoms with Crippen LogP contribution < -0.4 is 10.6 Å². The van der Waals surface area contributed by atoms with Crippen LogP contribution in [0.3, 0.4) is 0 Å². The highest BCUT2D eigenvalue weighted by Crippen LogP contribution is 1.99. The topological polar surface area (TPSA) is 83.3 Å². The van der Waals surface area contributed by atoms with E-state index in [2.05, 4.69) is 15.6 Å². The molecule has 94 valence electrons. The number of pyridine rings is 1. The fourth-order valence-electron chi connectivity index (χ4n) is 1.33. The van der Waals surface area contributed by atoms with Gasteiger partial charge in [-0.05, 0) is 25.6 Å². The van der Waals surface area contributed by atoms with Gasteiger partial charge >= 0.3 is 0 Å². The Kier molecular flexibility index (Phi) is 4.80. The van der Waals surface area contributed by atoms with Gasteiger partial charge in [-0.1, -0.05) is 11.1 Å². The van der Waals surface area contributed by atoms with Gasteiger partial charge in [0.2, 0.25) is 0 Å². The van der Waals surface area contributed by atoms with Crippen molar-refractivity contribution in [3.05, 3.63) is 39.7 Å². The summed E-state index contributed by atoms with van der Waals surface area (Å²) in [5.41, 5.74) is 1.92. The van der Waals surface area contributed by atoms with E-state index in [4.69, 9.17) is 0 Å². The van der Waals surface area contributed by atoms with Crippen molar-refractivity contribution in [3.8, 4) is 0 Å². The van der Waals surface area contributed by atoms with Crippen molar-refractivity contribution in [2.75, 3.05) is 14.1 Å². The second kappa shape index (κ2) is 6.12. The van der Waals surface area contributed by atoms with E-state index in [-0.39, 0.29) is 0 Å². The van der Waals surface area contributed by atoms with Crippen molar-refractivity contribution in [2.24, 2.45) is 0 Å². The monoisotopic (exact) mass is 239 g/mol. The molecule has 7 nitrogen and oxygen atoms in total. The number of nitro groups is 1. The maximum absolute atomic E-state index is 10.6. The molecule has 0 spiro atoms. The summed E-state index contributed by atoms with van der Waals surface area (Å²) in [7, 11) is 3.06. The molecule has 0 aliphatic rings. The van der Waals surface area contributed by atoms with Crippen LogP contribution in [0.4, 0.5) is 0 Å². The number of nitrogens with one attached hydrogen (secondary N) is 2. The molecule has 0 saturated carbocycles. The first-order valence-electron chi connectivity index (χ1n) is 5.24. The second-order valence-corrected chi connectivity index (χ2v) is 3.69. The average Bonchev–Trinajstić information content (AvgIpc) is 2.31. The van der Waals surface area contributed by atoms with E-state index in [0.717, 1.165) is 16.3 Å². The highest BCUT2D eigenvalue weighted by atomic mass is 16.7. The summed E-state index contributed by atoms with van der Waals surface area (Å²) in [6.45, 7) is 2.42. The van der Waals surface area contributed by atoms with Crippen LogP contribution in [0.25, 0.3) is 0 Å². The molecule has 0 fully saturated rings. The van der Waals surface area contributed by atoms with Crippen molar-refractivity contribution in [1.29, 1.82) is 0 Å². The molecule has 1 aromatic rings. The van der Waals surface area contributed by atoms with E-state index >= 15 is 0 Å². The molecule has 1 aromatic heterocycles. The lowest BCUT2D eigenvalue weighted by atomic mass is 10.2. The Morgan fingerprint density at radius 2 is 2.29 bits per heavy atom. The lowest BCUT2D eigenvalue weighted by molar-refractivity contribution is -0.660. The Balaban J connectivity index is 2.53. The maximum Gasteiger partial charge on any atom is 0.192 e. The standard InChI is InChI=1S/C10H17N5O2/c1-8-4-5-9(6-12-8)7-13-10(11-2)14(3)15(16)17/h4-6,10-11,13H,7H2,1-3H3. The SMILES string of the molecule is CNC(NCc1ccc(C)nc1)N(C)[N+](=O)[O-]. The zero-order valence-corrected chi connectivity index (χ0v) is 10.2. The minimum atomic E-state index is -0.522. The summed E-state index contributed by atoms with van der Waals surface area (Å²) in [5, 5.41) is 16.9. The molecular formula is C10H17N5O2. The van der Waals surface area contributed by atoms with Gasteiger partial charge in [-0.25, -0.2) is 10.1 Å². The van der Waals surface area contributed by atoms with Crippen LogP contribution in [0.5, 0.6) is 0 Å². The van der Waals surface area contributed by atoms with Gasteiger partial charge in [-0.2, -0.15) is 0 Å². The van der Waals surface area contributed by atoms with Gasteiger partial charge in [-0.15, -0.1) is 0 Å². The van der Waals surface area contributed by atoms with Crippen LogP contribution in [0.1, 0.15) is 11.3 Å². The Morgan fingerprint density at radius 3 is 2.76 bits per heavy atom. The average molecular weight is 239 g/mol. The van der Waals surface area contributed by atoms with Crippen molar-refractivity contribution in [2.45, 2.75) is 19.8 Å². The highest BCUT2D eigenvalue weighted by Gasteiger charge is 2.19. The number of hydrazine groups is 1. The van der Waals surface area contributed by atoms with Gasteiger partial charge in [0.15, 0.2) is 11.3 Å². The molecule has 0 saturated heterocycles. The number of rotatable bonds is 6. The largest absolute Gasteiger partial charge is 0.283 e. The smallest absolute Gasteiger partial charge is 0.192 e. The molecule has 0 amide bonds. The predicted molar refractivity (Wildman–Crippen MR) is 63.4 cm³/mol. The number of aryl methyl sites for hydroxylation is 1. The summed E-state index contributed by atoms with van der Waals surface area (Å²) in [6.07, 6.45) is 1.23. The van der Waals surface area contributed by atoms with E-state index in [1.54, 1.807) is 13.2 Å². The van der Waals surface area contributed by atoms with E-state index in [1.807, 2.05) is 19.1 Å². The van der Waals surface area contributed by atoms with E-state index < -0.39 is 11.3 Å². The Morgan fingerprint density at radius 1 is 1.59 bits per heavy atom. The van der Waals surface area contributed by atoms with Gasteiger partial charge in [0.25, 0.3) is 0 Å². The second-order valence-electron chi connectivity index (χ2n) is 3.69. The third kappa shape index (κ3) is 3.97. The summed E-state index contributed by atoms with van der Waals surface area (Å²) in [4.78, 5) is 14.7. The zero-order chi connectivity index (χ0) is 12.8. The highest BCUT2D eigenvalue weighted by molar-refractivity contribution is 5.12. The molecule has 0 aromatic carbocycles. The molecule has 1 heterocycles. The lowest BCUT2D eigenvalue weighted by Gasteiger charge is -2.21. The normalized spacial score (nSPS) is 12.2. The molecule has 0 aliphatic carbocycles. The first-order chi connectivity index (χ1) is 8.04. The number of hydrogen-bond donors (Lipinski definition) is 2. The molecule has 0 aliphatic heterocycles. The molecular weight excluding hydrogens is 222 g/mol. The Labute approximate surface area is 100.0 Å². The van der Waals surface area contributed by atoms with Crippen LogP contribution in [0.15, 0.2) is 18.3 Å². The van der Waals surface area contributed by atoms with Crippen LogP contribution in [-0.4, -0.2) is 35.4 Å². The first kappa shape index (κ1) is 13.3. The van der Waals surface area contributed by atoms with E-state index in [1.165, 1.54) is 7.05 Å². The number of aromatic nitrogens is 1. The molecule has 1 atom stereocenters. The molecule has 2 N–H and O–H groups in total. The summed E-state index contributed by atoms with van der Waals surface area (Å²) in [5.74, 6) is 0. The fourth-order valence-corrected chi connectivity index (χ4v) is 1.33. The van der Waals surface area contributed by atoms with Crippen molar-refractivity contribution >= 4 is 0 Å². The molecule has 17 heavy (non-hydrogen) atoms. The van der Waals surface area contributed by atoms with Crippen molar-refractivity contribution in [1.82, 2.24) is 20.6 Å². The van der Waals surface area contributed by atoms with Crippen LogP contribution in [0.2, 0.25) is 0 Å². The van der Waals surface area contributed by atoms with Gasteiger partial charge in [0.05, 0.1) is 7.05 Å². The molecule has 0 radical (unpaired) electrons. The van der Waals surface area contributed by atoms with Crippen molar-refractivity contribution < 1.29 is 5.03 Å². The quantitative estimate of drug-likeness (QED) is 0.416. The zero-order valence-electron chi connectivity index (χ0n) is 10.2. The van der Waals surface area contributed by atoms with Crippen LogP contribution in [-0.2, 0) is 6.54 Å². The predicted octanol–water partition coefficient (Wildman–Crippen LogP) is 0.106. The van der Waals surface area contributed by atoms with Gasteiger partial charge < -0.3 is 0 Å². The van der Waals surface area contributed by atoms with E-state index in [0.29, 0.717) is 6.54 Å².